The highest BCUT2D eigenvalue weighted by molar-refractivity contribution is 7.89. The molecule has 1 heterocycles. The number of likely N-dealkylation sites (N-methyl/N-ethyl adjacent to an activating group) is 1. The molecule has 0 saturated carbocycles. The van der Waals surface area contributed by atoms with Crippen LogP contribution in [0.2, 0.25) is 5.02 Å². The molecule has 0 fully saturated rings. The predicted molar refractivity (Wildman–Crippen MR) is 93.7 cm³/mol. The number of aryl methyl sites for hydroxylation is 1. The van der Waals surface area contributed by atoms with Gasteiger partial charge in [-0.15, -0.1) is 0 Å². The minimum Gasteiger partial charge on any atom is -0.491 e. The summed E-state index contributed by atoms with van der Waals surface area (Å²) in [5.74, 6) is 0.438. The Morgan fingerprint density at radius 2 is 1.84 bits per heavy atom. The van der Waals surface area contributed by atoms with E-state index < -0.39 is 26.2 Å². The lowest BCUT2D eigenvalue weighted by Crippen LogP contribution is -2.42. The highest BCUT2D eigenvalue weighted by Gasteiger charge is 2.26. The third kappa shape index (κ3) is 3.94. The molecule has 0 aliphatic heterocycles. The number of nitrogens with zero attached hydrogens (tertiary/aromatic N) is 3. The van der Waals surface area contributed by atoms with Gasteiger partial charge in [-0.05, 0) is 12.1 Å². The molecule has 10 heteroatoms. The third-order valence-corrected chi connectivity index (χ3v) is 5.75. The van der Waals surface area contributed by atoms with Gasteiger partial charge in [-0.1, -0.05) is 23.7 Å². The molecule has 0 unspecified atom stereocenters. The van der Waals surface area contributed by atoms with Gasteiger partial charge in [0.1, 0.15) is 12.4 Å². The zero-order valence-corrected chi connectivity index (χ0v) is 15.5. The van der Waals surface area contributed by atoms with Crippen molar-refractivity contribution >= 4 is 21.6 Å². The molecular formula is C15H18ClN3O5S. The lowest BCUT2D eigenvalue weighted by Gasteiger charge is -2.18. The number of rotatable bonds is 6. The van der Waals surface area contributed by atoms with E-state index in [-0.39, 0.29) is 13.2 Å². The second-order valence-electron chi connectivity index (χ2n) is 5.36. The van der Waals surface area contributed by atoms with Crippen LogP contribution in [0, 0.1) is 0 Å². The van der Waals surface area contributed by atoms with E-state index in [0.717, 1.165) is 19.6 Å². The molecule has 25 heavy (non-hydrogen) atoms. The number of aromatic nitrogens is 2. The summed E-state index contributed by atoms with van der Waals surface area (Å²) < 4.78 is 33.4. The second kappa shape index (κ2) is 7.42. The van der Waals surface area contributed by atoms with Crippen LogP contribution < -0.4 is 16.0 Å². The first-order valence-corrected chi connectivity index (χ1v) is 9.08. The topological polar surface area (TPSA) is 90.6 Å². The van der Waals surface area contributed by atoms with Gasteiger partial charge < -0.3 is 9.30 Å². The van der Waals surface area contributed by atoms with Crippen LogP contribution in [0.1, 0.15) is 0 Å². The second-order valence-corrected chi connectivity index (χ2v) is 7.78. The van der Waals surface area contributed by atoms with Gasteiger partial charge >= 0.3 is 5.69 Å². The van der Waals surface area contributed by atoms with Crippen molar-refractivity contribution in [1.82, 2.24) is 13.4 Å². The number of sulfonamides is 1. The number of halogens is 1. The minimum atomic E-state index is -4.07. The number of benzene rings is 1. The van der Waals surface area contributed by atoms with Crippen molar-refractivity contribution in [2.75, 3.05) is 20.2 Å². The molecule has 136 valence electrons. The standard InChI is InChI=1S/C15H18ClN3O5S/c1-17-10-13(14(20)19(3)15(17)21)25(22,23)18(2)8-9-24-12-7-5-4-6-11(12)16/h4-7,10H,8-9H2,1-3H3. The first-order valence-electron chi connectivity index (χ1n) is 7.26. The summed E-state index contributed by atoms with van der Waals surface area (Å²) in [5, 5.41) is 0.417. The van der Waals surface area contributed by atoms with E-state index in [1.807, 2.05) is 0 Å². The lowest BCUT2D eigenvalue weighted by molar-refractivity contribution is 0.287. The third-order valence-electron chi connectivity index (χ3n) is 3.60. The van der Waals surface area contributed by atoms with Gasteiger partial charge in [0.25, 0.3) is 5.56 Å². The minimum absolute atomic E-state index is 0.000445. The van der Waals surface area contributed by atoms with E-state index >= 15 is 0 Å². The fourth-order valence-corrected chi connectivity index (χ4v) is 3.58. The zero-order chi connectivity index (χ0) is 18.8. The van der Waals surface area contributed by atoms with E-state index in [1.165, 1.54) is 21.1 Å². The molecule has 8 nitrogen and oxygen atoms in total. The van der Waals surface area contributed by atoms with E-state index in [1.54, 1.807) is 24.3 Å². The number of hydrogen-bond donors (Lipinski definition) is 0. The van der Waals surface area contributed by atoms with Crippen LogP contribution in [-0.2, 0) is 24.1 Å². The highest BCUT2D eigenvalue weighted by Crippen LogP contribution is 2.23. The highest BCUT2D eigenvalue weighted by atomic mass is 35.5. The summed E-state index contributed by atoms with van der Waals surface area (Å²) in [5.41, 5.74) is -1.48. The van der Waals surface area contributed by atoms with Crippen LogP contribution in [0.15, 0.2) is 44.9 Å². The Morgan fingerprint density at radius 1 is 1.20 bits per heavy atom. The molecule has 0 aliphatic carbocycles. The molecule has 1 aromatic carbocycles. The van der Waals surface area contributed by atoms with Gasteiger partial charge in [-0.2, -0.15) is 4.31 Å². The van der Waals surface area contributed by atoms with Gasteiger partial charge in [-0.25, -0.2) is 13.2 Å². The number of ether oxygens (including phenoxy) is 1. The van der Waals surface area contributed by atoms with E-state index in [0.29, 0.717) is 10.8 Å². The quantitative estimate of drug-likeness (QED) is 0.717. The fraction of sp³-hybridized carbons (Fsp3) is 0.333. The van der Waals surface area contributed by atoms with Crippen LogP contribution in [-0.4, -0.2) is 42.1 Å². The van der Waals surface area contributed by atoms with Crippen molar-refractivity contribution in [3.05, 3.63) is 56.3 Å². The van der Waals surface area contributed by atoms with E-state index in [2.05, 4.69) is 0 Å². The molecule has 0 spiro atoms. The van der Waals surface area contributed by atoms with Crippen LogP contribution >= 0.6 is 11.6 Å². The Hall–Kier alpha value is -2.10. The summed E-state index contributed by atoms with van der Waals surface area (Å²) in [4.78, 5) is 23.3. The Balaban J connectivity index is 2.19. The predicted octanol–water partition coefficient (Wildman–Crippen LogP) is 0.437. The summed E-state index contributed by atoms with van der Waals surface area (Å²) in [6.45, 7) is 0.0467. The van der Waals surface area contributed by atoms with Crippen molar-refractivity contribution in [1.29, 1.82) is 0 Å². The average molecular weight is 388 g/mol. The van der Waals surface area contributed by atoms with Crippen molar-refractivity contribution in [3.63, 3.8) is 0 Å². The molecule has 0 N–H and O–H groups in total. The molecule has 0 bridgehead atoms. The Kier molecular flexibility index (Phi) is 5.71. The zero-order valence-electron chi connectivity index (χ0n) is 14.0. The van der Waals surface area contributed by atoms with Crippen molar-refractivity contribution < 1.29 is 13.2 Å². The van der Waals surface area contributed by atoms with Crippen LogP contribution in [0.5, 0.6) is 5.75 Å². The first-order chi connectivity index (χ1) is 11.7. The maximum atomic E-state index is 12.6. The lowest BCUT2D eigenvalue weighted by atomic mass is 10.3. The summed E-state index contributed by atoms with van der Waals surface area (Å²) in [7, 11) is -0.137. The van der Waals surface area contributed by atoms with Gasteiger partial charge in [0.05, 0.1) is 5.02 Å². The van der Waals surface area contributed by atoms with Gasteiger partial charge in [0.2, 0.25) is 10.0 Å². The normalized spacial score (nSPS) is 11.7. The molecule has 0 radical (unpaired) electrons. The molecule has 0 aliphatic rings. The van der Waals surface area contributed by atoms with Crippen LogP contribution in [0.4, 0.5) is 0 Å². The molecule has 2 rings (SSSR count). The molecular weight excluding hydrogens is 370 g/mol. The van der Waals surface area contributed by atoms with Crippen LogP contribution in [0.25, 0.3) is 0 Å². The molecule has 0 atom stereocenters. The molecule has 2 aromatic rings. The molecule has 0 saturated heterocycles. The Labute approximate surface area is 149 Å². The SMILES string of the molecule is CN(CCOc1ccccc1Cl)S(=O)(=O)c1cn(C)c(=O)n(C)c1=O. The van der Waals surface area contributed by atoms with Crippen molar-refractivity contribution in [2.45, 2.75) is 4.90 Å². The largest absolute Gasteiger partial charge is 0.491 e. The Bertz CT molecular complexity index is 997. The number of hydrogen-bond acceptors (Lipinski definition) is 5. The van der Waals surface area contributed by atoms with Crippen molar-refractivity contribution in [2.24, 2.45) is 14.1 Å². The van der Waals surface area contributed by atoms with Gasteiger partial charge in [-0.3, -0.25) is 9.36 Å². The monoisotopic (exact) mass is 387 g/mol. The average Bonchev–Trinajstić information content (AvgIpc) is 2.57. The van der Waals surface area contributed by atoms with E-state index in [9.17, 15) is 18.0 Å². The summed E-state index contributed by atoms with van der Waals surface area (Å²) >= 11 is 5.96. The van der Waals surface area contributed by atoms with Crippen molar-refractivity contribution in [3.8, 4) is 5.75 Å². The fourth-order valence-electron chi connectivity index (χ4n) is 2.09. The summed E-state index contributed by atoms with van der Waals surface area (Å²) in [6, 6.07) is 6.82. The van der Waals surface area contributed by atoms with Gasteiger partial charge in [0.15, 0.2) is 4.90 Å². The maximum Gasteiger partial charge on any atom is 0.330 e. The first kappa shape index (κ1) is 19.2. The summed E-state index contributed by atoms with van der Waals surface area (Å²) in [6.07, 6.45) is 1.02. The Morgan fingerprint density at radius 3 is 2.48 bits per heavy atom. The maximum absolute atomic E-state index is 12.6. The van der Waals surface area contributed by atoms with E-state index in [4.69, 9.17) is 16.3 Å². The molecule has 0 amide bonds. The number of para-hydroxylation sites is 1. The van der Waals surface area contributed by atoms with Gasteiger partial charge in [0, 0.05) is 33.9 Å². The van der Waals surface area contributed by atoms with Crippen LogP contribution in [0.3, 0.4) is 0 Å². The molecule has 1 aromatic heterocycles. The smallest absolute Gasteiger partial charge is 0.330 e.